The molecule has 10 N–H and O–H groups in total. The van der Waals surface area contributed by atoms with Crippen molar-refractivity contribution in [1.29, 1.82) is 0 Å². The topological polar surface area (TPSA) is 120 Å². The Balaban J connectivity index is 0.000000351. The molecule has 370 valence electrons. The molecule has 0 radical (unpaired) electrons. The SMILES string of the molecule is C.C.C.C1CC2(C1)CNC2.C1CC2(C1)CNC2.C1CCCNCC1.C1CCNC1.C1CCNCC1.C1CCNCC1.C1CCNCC1.C1CNC1.C=C1CCC2(CCNCC2)N1. The summed E-state index contributed by atoms with van der Waals surface area (Å²) in [7, 11) is 0. The summed E-state index contributed by atoms with van der Waals surface area (Å²) in [6.45, 7) is 26.6. The van der Waals surface area contributed by atoms with Gasteiger partial charge in [0.15, 0.2) is 0 Å². The van der Waals surface area contributed by atoms with Gasteiger partial charge in [0, 0.05) is 37.4 Å². The van der Waals surface area contributed by atoms with Gasteiger partial charge in [-0.25, -0.2) is 0 Å². The van der Waals surface area contributed by atoms with Crippen molar-refractivity contribution >= 4 is 0 Å². The minimum absolute atomic E-state index is 0. The number of rotatable bonds is 0. The summed E-state index contributed by atoms with van der Waals surface area (Å²) in [5.74, 6) is 0. The number of allylic oxidation sites excluding steroid dienone is 1. The normalized spacial score (nSPS) is 26.0. The molecule has 10 aliphatic heterocycles. The largest absolute Gasteiger partial charge is 0.383 e. The molecule has 10 nitrogen and oxygen atoms in total. The molecular formula is C52H112N10. The van der Waals surface area contributed by atoms with E-state index in [0.717, 1.165) is 10.8 Å². The number of hydrogen-bond acceptors (Lipinski definition) is 10. The van der Waals surface area contributed by atoms with Crippen LogP contribution in [0.5, 0.6) is 0 Å². The molecule has 12 aliphatic rings. The third kappa shape index (κ3) is 27.0. The molecule has 2 saturated carbocycles. The van der Waals surface area contributed by atoms with Crippen LogP contribution < -0.4 is 53.2 Å². The Morgan fingerprint density at radius 2 is 0.532 bits per heavy atom. The fourth-order valence-corrected chi connectivity index (χ4v) is 9.37. The van der Waals surface area contributed by atoms with E-state index in [1.807, 2.05) is 0 Å². The summed E-state index contributed by atoms with van der Waals surface area (Å²) in [5, 5.41) is 33.1. The zero-order valence-electron chi connectivity index (χ0n) is 38.8. The fourth-order valence-electron chi connectivity index (χ4n) is 9.37. The highest BCUT2D eigenvalue weighted by Gasteiger charge is 2.42. The van der Waals surface area contributed by atoms with Gasteiger partial charge in [-0.1, -0.05) is 73.8 Å². The van der Waals surface area contributed by atoms with E-state index in [0.29, 0.717) is 5.54 Å². The van der Waals surface area contributed by atoms with Crippen LogP contribution in [-0.2, 0) is 0 Å². The summed E-state index contributed by atoms with van der Waals surface area (Å²) < 4.78 is 0. The molecule has 12 rings (SSSR count). The summed E-state index contributed by atoms with van der Waals surface area (Å²) >= 11 is 0. The van der Waals surface area contributed by atoms with E-state index in [9.17, 15) is 0 Å². The van der Waals surface area contributed by atoms with E-state index in [-0.39, 0.29) is 22.3 Å². The maximum absolute atomic E-state index is 3.97. The monoisotopic (exact) mass is 877 g/mol. The average Bonchev–Trinajstić information content (AvgIpc) is 3.81. The molecule has 2 aliphatic carbocycles. The second-order valence-corrected chi connectivity index (χ2v) is 19.8. The van der Waals surface area contributed by atoms with Gasteiger partial charge in [-0.2, -0.15) is 0 Å². The summed E-state index contributed by atoms with van der Waals surface area (Å²) in [6.07, 6.45) is 36.5. The molecule has 10 heterocycles. The van der Waals surface area contributed by atoms with Gasteiger partial charge in [0.1, 0.15) is 0 Å². The van der Waals surface area contributed by atoms with Crippen LogP contribution in [0.3, 0.4) is 0 Å². The Hall–Kier alpha value is -0.820. The molecule has 12 fully saturated rings. The van der Waals surface area contributed by atoms with Gasteiger partial charge in [-0.05, 0) is 224 Å². The van der Waals surface area contributed by atoms with Gasteiger partial charge in [0.2, 0.25) is 0 Å². The molecule has 0 aromatic heterocycles. The molecule has 0 aromatic rings. The lowest BCUT2D eigenvalue weighted by Gasteiger charge is -2.49. The van der Waals surface area contributed by atoms with Gasteiger partial charge in [-0.15, -0.1) is 0 Å². The first-order chi connectivity index (χ1) is 29.1. The third-order valence-electron chi connectivity index (χ3n) is 14.5. The first kappa shape index (κ1) is 59.2. The van der Waals surface area contributed by atoms with Gasteiger partial charge in [0.25, 0.3) is 0 Å². The first-order valence-electron chi connectivity index (χ1n) is 26.0. The van der Waals surface area contributed by atoms with Crippen LogP contribution in [0.1, 0.15) is 189 Å². The number of hydrogen-bond donors (Lipinski definition) is 10. The molecule has 0 atom stereocenters. The molecule has 62 heavy (non-hydrogen) atoms. The molecular weight excluding hydrogens is 765 g/mol. The average molecular weight is 878 g/mol. The second-order valence-electron chi connectivity index (χ2n) is 19.8. The molecule has 10 saturated heterocycles. The molecule has 0 bridgehead atoms. The van der Waals surface area contributed by atoms with E-state index in [2.05, 4.69) is 59.7 Å². The van der Waals surface area contributed by atoms with Gasteiger partial charge in [-0.3, -0.25) is 0 Å². The summed E-state index contributed by atoms with van der Waals surface area (Å²) in [4.78, 5) is 0. The Labute approximate surface area is 387 Å². The standard InChI is InChI=1S/C9H16N2.2C6H11N.C6H13N.3C5H11N.C4H9N.C3H7N.3CH4/c1-8-2-3-9(11-8)4-6-10-7-5-9;2*1-2-6(3-1)4-7-5-6;1-2-4-6-7-5-3-1;3*1-2-4-6-5-3-1;1-2-4-5-3-1;1-2-4-3-1;;;/h10-11H,1-7H2;2*7H,1-5H2;7H,1-6H2;3*6H,1-5H2;5H,1-4H2;4H,1-3H2;3*1H4. The predicted molar refractivity (Wildman–Crippen MR) is 276 cm³/mol. The van der Waals surface area contributed by atoms with Crippen molar-refractivity contribution in [3.63, 3.8) is 0 Å². The minimum atomic E-state index is 0. The van der Waals surface area contributed by atoms with Gasteiger partial charge >= 0.3 is 0 Å². The van der Waals surface area contributed by atoms with Crippen molar-refractivity contribution in [2.75, 3.05) is 118 Å². The Bertz CT molecular complexity index is 819. The number of piperidine rings is 4. The highest BCUT2D eigenvalue weighted by atomic mass is 15.1. The van der Waals surface area contributed by atoms with Gasteiger partial charge in [0.05, 0.1) is 0 Å². The predicted octanol–water partition coefficient (Wildman–Crippen LogP) is 8.21. The Morgan fingerprint density at radius 1 is 0.274 bits per heavy atom. The molecule has 0 amide bonds. The van der Waals surface area contributed by atoms with E-state index < -0.39 is 0 Å². The van der Waals surface area contributed by atoms with Crippen molar-refractivity contribution in [1.82, 2.24) is 53.2 Å². The van der Waals surface area contributed by atoms with Crippen LogP contribution in [-0.4, -0.2) is 123 Å². The number of nitrogens with one attached hydrogen (secondary N) is 10. The van der Waals surface area contributed by atoms with E-state index >= 15 is 0 Å². The molecule has 3 spiro atoms. The second kappa shape index (κ2) is 38.3. The van der Waals surface area contributed by atoms with Crippen LogP contribution in [0.2, 0.25) is 0 Å². The lowest BCUT2D eigenvalue weighted by Crippen LogP contribution is -2.57. The smallest absolute Gasteiger partial charge is 0.0398 e. The lowest BCUT2D eigenvalue weighted by molar-refractivity contribution is 0.0603. The maximum Gasteiger partial charge on any atom is 0.0398 e. The van der Waals surface area contributed by atoms with Crippen molar-refractivity contribution in [2.45, 2.75) is 195 Å². The van der Waals surface area contributed by atoms with Crippen molar-refractivity contribution in [3.8, 4) is 0 Å². The van der Waals surface area contributed by atoms with E-state index in [1.165, 1.54) is 290 Å². The quantitative estimate of drug-likeness (QED) is 0.117. The van der Waals surface area contributed by atoms with E-state index in [4.69, 9.17) is 0 Å². The molecule has 10 heteroatoms. The highest BCUT2D eigenvalue weighted by Crippen LogP contribution is 2.44. The molecule has 0 aromatic carbocycles. The van der Waals surface area contributed by atoms with Crippen LogP contribution in [0.25, 0.3) is 0 Å². The maximum atomic E-state index is 3.97. The summed E-state index contributed by atoms with van der Waals surface area (Å²) in [5.41, 5.74) is 3.34. The van der Waals surface area contributed by atoms with Crippen LogP contribution in [0.4, 0.5) is 0 Å². The van der Waals surface area contributed by atoms with Crippen molar-refractivity contribution < 1.29 is 0 Å². The third-order valence-corrected chi connectivity index (χ3v) is 14.5. The van der Waals surface area contributed by atoms with Crippen LogP contribution in [0, 0.1) is 10.8 Å². The Kier molecular flexibility index (Phi) is 36.6. The fraction of sp³-hybridized carbons (Fsp3) is 0.962. The highest BCUT2D eigenvalue weighted by molar-refractivity contribution is 5.10. The van der Waals surface area contributed by atoms with Gasteiger partial charge < -0.3 is 53.2 Å². The Morgan fingerprint density at radius 3 is 0.710 bits per heavy atom. The minimum Gasteiger partial charge on any atom is -0.383 e. The van der Waals surface area contributed by atoms with Crippen molar-refractivity contribution in [3.05, 3.63) is 12.3 Å². The zero-order valence-corrected chi connectivity index (χ0v) is 38.8. The lowest BCUT2D eigenvalue weighted by atomic mass is 9.65. The van der Waals surface area contributed by atoms with E-state index in [1.54, 1.807) is 0 Å². The first-order valence-corrected chi connectivity index (χ1v) is 26.0. The summed E-state index contributed by atoms with van der Waals surface area (Å²) in [6, 6.07) is 0. The van der Waals surface area contributed by atoms with Crippen molar-refractivity contribution in [2.24, 2.45) is 10.8 Å². The zero-order chi connectivity index (χ0) is 41.3. The van der Waals surface area contributed by atoms with Crippen LogP contribution in [0.15, 0.2) is 12.3 Å². The van der Waals surface area contributed by atoms with Crippen LogP contribution >= 0.6 is 0 Å². The molecule has 0 unspecified atom stereocenters.